The molecule has 1 saturated heterocycles. The minimum Gasteiger partial charge on any atom is -0.378 e. The lowest BCUT2D eigenvalue weighted by atomic mass is 10.3. The predicted molar refractivity (Wildman–Crippen MR) is 80.1 cm³/mol. The molecule has 0 N–H and O–H groups in total. The van der Waals surface area contributed by atoms with E-state index in [1.165, 1.54) is 0 Å². The Hall–Kier alpha value is -1.78. The highest BCUT2D eigenvalue weighted by atomic mass is 35.5. The molecule has 1 aromatic carbocycles. The lowest BCUT2D eigenvalue weighted by molar-refractivity contribution is 0.122. The highest BCUT2D eigenvalue weighted by molar-refractivity contribution is 6.32. The Kier molecular flexibility index (Phi) is 3.76. The highest BCUT2D eigenvalue weighted by Crippen LogP contribution is 2.19. The first kappa shape index (κ1) is 13.2. The molecule has 0 bridgehead atoms. The van der Waals surface area contributed by atoms with Crippen LogP contribution < -0.4 is 10.5 Å². The van der Waals surface area contributed by atoms with Crippen LogP contribution in [0.1, 0.15) is 0 Å². The summed E-state index contributed by atoms with van der Waals surface area (Å²) in [5, 5.41) is 0.564. The summed E-state index contributed by atoms with van der Waals surface area (Å²) in [6, 6.07) is 10.9. The molecule has 0 unspecified atom stereocenters. The summed E-state index contributed by atoms with van der Waals surface area (Å²) in [5.41, 5.74) is 1.55. The average Bonchev–Trinajstić information content (AvgIpc) is 2.49. The van der Waals surface area contributed by atoms with Gasteiger partial charge in [0.15, 0.2) is 0 Å². The number of ether oxygens (including phenoxy) is 1. The fourth-order valence-electron chi connectivity index (χ4n) is 2.33. The number of aromatic nitrogens is 1. The van der Waals surface area contributed by atoms with Gasteiger partial charge in [0.2, 0.25) is 0 Å². The van der Waals surface area contributed by atoms with Gasteiger partial charge in [0, 0.05) is 31.0 Å². The number of benzene rings is 1. The number of rotatable bonds is 2. The van der Waals surface area contributed by atoms with Crippen molar-refractivity contribution < 1.29 is 4.74 Å². The van der Waals surface area contributed by atoms with Crippen LogP contribution in [-0.2, 0) is 4.74 Å². The van der Waals surface area contributed by atoms with Crippen LogP contribution >= 0.6 is 11.6 Å². The van der Waals surface area contributed by atoms with Gasteiger partial charge in [0.05, 0.1) is 23.9 Å². The van der Waals surface area contributed by atoms with Gasteiger partial charge >= 0.3 is 0 Å². The molecular formula is C15H15ClN2O2. The van der Waals surface area contributed by atoms with Crippen molar-refractivity contribution in [1.82, 2.24) is 4.57 Å². The van der Waals surface area contributed by atoms with Crippen LogP contribution in [-0.4, -0.2) is 30.9 Å². The molecule has 0 aliphatic carbocycles. The standard InChI is InChI=1S/C15H15ClN2O2/c16-13-3-1-2-4-14(13)18-6-5-12(11-15(18)19)17-7-9-20-10-8-17/h1-6,11H,7-10H2. The Morgan fingerprint density at radius 3 is 2.55 bits per heavy atom. The second-order valence-corrected chi connectivity index (χ2v) is 5.05. The number of morpholine rings is 1. The van der Waals surface area contributed by atoms with Gasteiger partial charge in [-0.1, -0.05) is 23.7 Å². The zero-order valence-corrected chi connectivity index (χ0v) is 11.7. The summed E-state index contributed by atoms with van der Waals surface area (Å²) < 4.78 is 6.88. The Bertz CT molecular complexity index is 663. The van der Waals surface area contributed by atoms with Crippen LogP contribution in [0.3, 0.4) is 0 Å². The molecule has 20 heavy (non-hydrogen) atoms. The Labute approximate surface area is 122 Å². The summed E-state index contributed by atoms with van der Waals surface area (Å²) in [6.07, 6.45) is 1.77. The molecule has 3 rings (SSSR count). The first-order valence-electron chi connectivity index (χ1n) is 6.56. The molecule has 5 heteroatoms. The minimum absolute atomic E-state index is 0.0814. The third-order valence-corrected chi connectivity index (χ3v) is 3.71. The van der Waals surface area contributed by atoms with E-state index in [1.807, 2.05) is 24.3 Å². The monoisotopic (exact) mass is 290 g/mol. The lowest BCUT2D eigenvalue weighted by Crippen LogP contribution is -2.37. The van der Waals surface area contributed by atoms with E-state index < -0.39 is 0 Å². The van der Waals surface area contributed by atoms with Crippen molar-refractivity contribution in [3.05, 3.63) is 58.0 Å². The van der Waals surface area contributed by atoms with E-state index in [0.717, 1.165) is 18.8 Å². The smallest absolute Gasteiger partial charge is 0.257 e. The molecule has 2 aromatic rings. The maximum absolute atomic E-state index is 12.3. The van der Waals surface area contributed by atoms with Gasteiger partial charge in [-0.3, -0.25) is 9.36 Å². The van der Waals surface area contributed by atoms with E-state index in [4.69, 9.17) is 16.3 Å². The summed E-state index contributed by atoms with van der Waals surface area (Å²) >= 11 is 6.13. The van der Waals surface area contributed by atoms with E-state index >= 15 is 0 Å². The van der Waals surface area contributed by atoms with Crippen LogP contribution in [0.5, 0.6) is 0 Å². The van der Waals surface area contributed by atoms with E-state index in [9.17, 15) is 4.79 Å². The summed E-state index contributed by atoms with van der Waals surface area (Å²) in [5.74, 6) is 0. The van der Waals surface area contributed by atoms with Gasteiger partial charge < -0.3 is 9.64 Å². The van der Waals surface area contributed by atoms with Crippen molar-refractivity contribution in [2.24, 2.45) is 0 Å². The van der Waals surface area contributed by atoms with Crippen molar-refractivity contribution in [3.8, 4) is 5.69 Å². The first-order chi connectivity index (χ1) is 9.75. The molecule has 0 saturated carbocycles. The Morgan fingerprint density at radius 1 is 1.10 bits per heavy atom. The van der Waals surface area contributed by atoms with Crippen LogP contribution in [0, 0.1) is 0 Å². The molecule has 4 nitrogen and oxygen atoms in total. The molecule has 1 fully saturated rings. The van der Waals surface area contributed by atoms with Crippen molar-refractivity contribution >= 4 is 17.3 Å². The minimum atomic E-state index is -0.0814. The maximum atomic E-state index is 12.3. The van der Waals surface area contributed by atoms with Crippen molar-refractivity contribution in [3.63, 3.8) is 0 Å². The summed E-state index contributed by atoms with van der Waals surface area (Å²) in [7, 11) is 0. The first-order valence-corrected chi connectivity index (χ1v) is 6.94. The molecule has 2 heterocycles. The number of hydrogen-bond donors (Lipinski definition) is 0. The Balaban J connectivity index is 1.96. The molecule has 1 aliphatic heterocycles. The van der Waals surface area contributed by atoms with E-state index in [0.29, 0.717) is 23.9 Å². The zero-order valence-electron chi connectivity index (χ0n) is 11.0. The van der Waals surface area contributed by atoms with Crippen LogP contribution in [0.25, 0.3) is 5.69 Å². The van der Waals surface area contributed by atoms with Crippen LogP contribution in [0.2, 0.25) is 5.02 Å². The van der Waals surface area contributed by atoms with Crippen LogP contribution in [0.15, 0.2) is 47.4 Å². The normalized spacial score (nSPS) is 15.3. The second-order valence-electron chi connectivity index (χ2n) is 4.64. The lowest BCUT2D eigenvalue weighted by Gasteiger charge is -2.28. The molecule has 0 atom stereocenters. The molecule has 0 amide bonds. The molecule has 1 aliphatic rings. The quantitative estimate of drug-likeness (QED) is 0.851. The molecular weight excluding hydrogens is 276 g/mol. The predicted octanol–water partition coefficient (Wildman–Crippen LogP) is 2.33. The average molecular weight is 291 g/mol. The van der Waals surface area contributed by atoms with Gasteiger partial charge in [-0.2, -0.15) is 0 Å². The van der Waals surface area contributed by atoms with Gasteiger partial charge in [-0.25, -0.2) is 0 Å². The molecule has 104 valence electrons. The molecule has 1 aromatic heterocycles. The third-order valence-electron chi connectivity index (χ3n) is 3.39. The van der Waals surface area contributed by atoms with Crippen molar-refractivity contribution in [2.45, 2.75) is 0 Å². The number of halogens is 1. The van der Waals surface area contributed by atoms with Gasteiger partial charge in [0.1, 0.15) is 0 Å². The van der Waals surface area contributed by atoms with Crippen LogP contribution in [0.4, 0.5) is 5.69 Å². The van der Waals surface area contributed by atoms with Gasteiger partial charge in [-0.15, -0.1) is 0 Å². The topological polar surface area (TPSA) is 34.5 Å². The summed E-state index contributed by atoms with van der Waals surface area (Å²) in [6.45, 7) is 3.03. The SMILES string of the molecule is O=c1cc(N2CCOCC2)ccn1-c1ccccc1Cl. The van der Waals surface area contributed by atoms with Gasteiger partial charge in [-0.05, 0) is 18.2 Å². The van der Waals surface area contributed by atoms with E-state index in [2.05, 4.69) is 4.90 Å². The van der Waals surface area contributed by atoms with Crippen molar-refractivity contribution in [2.75, 3.05) is 31.2 Å². The maximum Gasteiger partial charge on any atom is 0.257 e. The Morgan fingerprint density at radius 2 is 1.85 bits per heavy atom. The van der Waals surface area contributed by atoms with Crippen molar-refractivity contribution in [1.29, 1.82) is 0 Å². The van der Waals surface area contributed by atoms with E-state index in [-0.39, 0.29) is 5.56 Å². The largest absolute Gasteiger partial charge is 0.378 e. The zero-order chi connectivity index (χ0) is 13.9. The second kappa shape index (κ2) is 5.69. The molecule has 0 spiro atoms. The fraction of sp³-hybridized carbons (Fsp3) is 0.267. The summed E-state index contributed by atoms with van der Waals surface area (Å²) in [4.78, 5) is 14.4. The molecule has 0 radical (unpaired) electrons. The number of anilines is 1. The number of hydrogen-bond acceptors (Lipinski definition) is 3. The van der Waals surface area contributed by atoms with Gasteiger partial charge in [0.25, 0.3) is 5.56 Å². The number of nitrogens with zero attached hydrogens (tertiary/aromatic N) is 2. The number of pyridine rings is 1. The highest BCUT2D eigenvalue weighted by Gasteiger charge is 2.12. The third kappa shape index (κ3) is 2.57. The number of para-hydroxylation sites is 1. The van der Waals surface area contributed by atoms with E-state index in [1.54, 1.807) is 22.9 Å². The fourth-order valence-corrected chi connectivity index (χ4v) is 2.56.